The highest BCUT2D eigenvalue weighted by atomic mass is 16.6. The van der Waals surface area contributed by atoms with Crippen LogP contribution in [0.1, 0.15) is 70.4 Å². The third-order valence-electron chi connectivity index (χ3n) is 7.26. The van der Waals surface area contributed by atoms with Crippen LogP contribution in [0.25, 0.3) is 16.7 Å². The van der Waals surface area contributed by atoms with Crippen LogP contribution in [0.2, 0.25) is 0 Å². The zero-order chi connectivity index (χ0) is 26.7. The Morgan fingerprint density at radius 1 is 1.13 bits per heavy atom. The molecule has 1 amide bonds. The van der Waals surface area contributed by atoms with Crippen LogP contribution in [0, 0.1) is 5.92 Å². The Morgan fingerprint density at radius 2 is 1.89 bits per heavy atom. The average Bonchev–Trinajstić information content (AvgIpc) is 3.30. The second-order valence-electron chi connectivity index (χ2n) is 11.5. The van der Waals surface area contributed by atoms with Gasteiger partial charge in [-0.2, -0.15) is 0 Å². The predicted molar refractivity (Wildman–Crippen MR) is 149 cm³/mol. The van der Waals surface area contributed by atoms with Crippen molar-refractivity contribution < 1.29 is 13.9 Å². The highest BCUT2D eigenvalue weighted by Gasteiger charge is 2.25. The van der Waals surface area contributed by atoms with Gasteiger partial charge in [0.25, 0.3) is 0 Å². The number of amides is 1. The highest BCUT2D eigenvalue weighted by molar-refractivity contribution is 5.80. The fourth-order valence-electron chi connectivity index (χ4n) is 5.20. The minimum Gasteiger partial charge on any atom is -0.444 e. The number of hydrogen-bond donors (Lipinski definition) is 0. The lowest BCUT2D eigenvalue weighted by Gasteiger charge is -2.31. The predicted octanol–water partition coefficient (Wildman–Crippen LogP) is 6.05. The molecule has 0 aliphatic carbocycles. The SMILES string of the molecule is CCCc1cnc(N2CCC(Cc3nc4ccc(C5=CCN(C(=O)OC(C)(C)C)CC5)cc4o3)CC2)nc1. The third kappa shape index (κ3) is 6.34. The molecule has 5 rings (SSSR count). The molecule has 8 heteroatoms. The molecule has 0 radical (unpaired) electrons. The monoisotopic (exact) mass is 517 g/mol. The Balaban J connectivity index is 1.17. The maximum Gasteiger partial charge on any atom is 0.410 e. The number of rotatable bonds is 6. The summed E-state index contributed by atoms with van der Waals surface area (Å²) >= 11 is 0. The van der Waals surface area contributed by atoms with E-state index in [2.05, 4.69) is 40.0 Å². The minimum atomic E-state index is -0.484. The topological polar surface area (TPSA) is 84.6 Å². The summed E-state index contributed by atoms with van der Waals surface area (Å²) in [7, 11) is 0. The second kappa shape index (κ2) is 11.1. The van der Waals surface area contributed by atoms with Gasteiger partial charge in [-0.05, 0) is 81.2 Å². The molecule has 38 heavy (non-hydrogen) atoms. The molecule has 0 N–H and O–H groups in total. The van der Waals surface area contributed by atoms with Gasteiger partial charge in [-0.3, -0.25) is 0 Å². The molecule has 0 atom stereocenters. The average molecular weight is 518 g/mol. The molecular weight excluding hydrogens is 478 g/mol. The minimum absolute atomic E-state index is 0.258. The van der Waals surface area contributed by atoms with E-state index in [1.807, 2.05) is 39.2 Å². The van der Waals surface area contributed by atoms with E-state index in [9.17, 15) is 4.79 Å². The Kier molecular flexibility index (Phi) is 7.68. The Labute approximate surface area is 225 Å². The normalized spacial score (nSPS) is 17.1. The summed E-state index contributed by atoms with van der Waals surface area (Å²) in [5.41, 5.74) is 4.79. The lowest BCUT2D eigenvalue weighted by Crippen LogP contribution is -2.39. The van der Waals surface area contributed by atoms with E-state index in [1.165, 1.54) is 11.1 Å². The van der Waals surface area contributed by atoms with Crippen molar-refractivity contribution in [1.29, 1.82) is 0 Å². The third-order valence-corrected chi connectivity index (χ3v) is 7.26. The molecule has 1 aromatic carbocycles. The molecule has 4 heterocycles. The first-order valence-corrected chi connectivity index (χ1v) is 13.9. The Bertz CT molecular complexity index is 1280. The molecule has 2 aliphatic rings. The fraction of sp³-hybridized carbons (Fsp3) is 0.533. The number of anilines is 1. The van der Waals surface area contributed by atoms with Gasteiger partial charge in [0, 0.05) is 45.0 Å². The number of benzene rings is 1. The van der Waals surface area contributed by atoms with Crippen molar-refractivity contribution >= 4 is 28.7 Å². The first kappa shape index (κ1) is 26.2. The number of ether oxygens (including phenoxy) is 1. The van der Waals surface area contributed by atoms with Gasteiger partial charge in [0.05, 0.1) is 0 Å². The summed E-state index contributed by atoms with van der Waals surface area (Å²) in [6.45, 7) is 11.0. The van der Waals surface area contributed by atoms with Crippen LogP contribution in [-0.4, -0.2) is 57.7 Å². The summed E-state index contributed by atoms with van der Waals surface area (Å²) in [4.78, 5) is 30.3. The number of hydrogen-bond acceptors (Lipinski definition) is 7. The number of piperidine rings is 1. The van der Waals surface area contributed by atoms with Crippen molar-refractivity contribution in [2.75, 3.05) is 31.1 Å². The molecule has 0 spiro atoms. The van der Waals surface area contributed by atoms with Crippen LogP contribution in [0.15, 0.2) is 41.1 Å². The van der Waals surface area contributed by atoms with Crippen molar-refractivity contribution in [2.45, 2.75) is 71.8 Å². The van der Waals surface area contributed by atoms with Gasteiger partial charge in [0.15, 0.2) is 11.5 Å². The molecule has 202 valence electrons. The maximum absolute atomic E-state index is 12.4. The van der Waals surface area contributed by atoms with Crippen LogP contribution in [-0.2, 0) is 17.6 Å². The zero-order valence-electron chi connectivity index (χ0n) is 23.1. The molecule has 3 aromatic rings. The van der Waals surface area contributed by atoms with E-state index in [1.54, 1.807) is 4.90 Å². The van der Waals surface area contributed by atoms with Crippen molar-refractivity contribution in [3.8, 4) is 0 Å². The molecule has 0 unspecified atom stereocenters. The molecular formula is C30H39N5O3. The van der Waals surface area contributed by atoms with Gasteiger partial charge in [-0.25, -0.2) is 19.7 Å². The largest absolute Gasteiger partial charge is 0.444 e. The summed E-state index contributed by atoms with van der Waals surface area (Å²) in [6.07, 6.45) is 11.7. The van der Waals surface area contributed by atoms with Gasteiger partial charge >= 0.3 is 6.09 Å². The van der Waals surface area contributed by atoms with Gasteiger partial charge < -0.3 is 19.0 Å². The van der Waals surface area contributed by atoms with Crippen LogP contribution in [0.5, 0.6) is 0 Å². The molecule has 0 bridgehead atoms. The van der Waals surface area contributed by atoms with Crippen LogP contribution >= 0.6 is 0 Å². The summed E-state index contributed by atoms with van der Waals surface area (Å²) < 4.78 is 11.7. The van der Waals surface area contributed by atoms with Crippen molar-refractivity contribution in [3.05, 3.63) is 53.7 Å². The Hall–Kier alpha value is -3.42. The van der Waals surface area contributed by atoms with E-state index < -0.39 is 5.60 Å². The van der Waals surface area contributed by atoms with Gasteiger partial charge in [0.1, 0.15) is 11.1 Å². The fourth-order valence-corrected chi connectivity index (χ4v) is 5.20. The molecule has 8 nitrogen and oxygen atoms in total. The highest BCUT2D eigenvalue weighted by Crippen LogP contribution is 2.29. The van der Waals surface area contributed by atoms with Crippen molar-refractivity contribution in [1.82, 2.24) is 19.9 Å². The zero-order valence-corrected chi connectivity index (χ0v) is 23.1. The standard InChI is InChI=1S/C30H39N5O3/c1-5-6-22-19-31-28(32-20-22)34-13-9-21(10-14-34)17-27-33-25-8-7-24(18-26(25)37-27)23-11-15-35(16-12-23)29(36)38-30(2,3)4/h7-8,11,18-21H,5-6,9-10,12-17H2,1-4H3. The molecule has 0 saturated carbocycles. The van der Waals surface area contributed by atoms with Crippen molar-refractivity contribution in [2.24, 2.45) is 5.92 Å². The van der Waals surface area contributed by atoms with E-state index in [0.717, 1.165) is 80.1 Å². The first-order chi connectivity index (χ1) is 18.3. The second-order valence-corrected chi connectivity index (χ2v) is 11.5. The number of fused-ring (bicyclic) bond motifs is 1. The summed E-state index contributed by atoms with van der Waals surface area (Å²) in [5.74, 6) is 2.19. The number of oxazole rings is 1. The van der Waals surface area contributed by atoms with Crippen molar-refractivity contribution in [3.63, 3.8) is 0 Å². The molecule has 1 fully saturated rings. The van der Waals surface area contributed by atoms with Gasteiger partial charge in [-0.1, -0.05) is 25.5 Å². The smallest absolute Gasteiger partial charge is 0.410 e. The Morgan fingerprint density at radius 3 is 2.55 bits per heavy atom. The van der Waals surface area contributed by atoms with Gasteiger partial charge in [-0.15, -0.1) is 0 Å². The van der Waals surface area contributed by atoms with Crippen LogP contribution < -0.4 is 4.90 Å². The number of carbonyl (C=O) groups is 1. The molecule has 1 saturated heterocycles. The van der Waals surface area contributed by atoms with E-state index in [4.69, 9.17) is 14.1 Å². The number of aryl methyl sites for hydroxylation is 1. The number of carbonyl (C=O) groups excluding carboxylic acids is 1. The van der Waals surface area contributed by atoms with E-state index >= 15 is 0 Å². The number of aromatic nitrogens is 3. The lowest BCUT2D eigenvalue weighted by molar-refractivity contribution is 0.0270. The van der Waals surface area contributed by atoms with Gasteiger partial charge in [0.2, 0.25) is 5.95 Å². The van der Waals surface area contributed by atoms with E-state index in [-0.39, 0.29) is 6.09 Å². The van der Waals surface area contributed by atoms with Crippen LogP contribution in [0.3, 0.4) is 0 Å². The number of nitrogens with zero attached hydrogens (tertiary/aromatic N) is 5. The molecule has 2 aromatic heterocycles. The lowest BCUT2D eigenvalue weighted by atomic mass is 9.94. The van der Waals surface area contributed by atoms with E-state index in [0.29, 0.717) is 19.0 Å². The molecule has 2 aliphatic heterocycles. The summed E-state index contributed by atoms with van der Waals surface area (Å²) in [5, 5.41) is 0. The summed E-state index contributed by atoms with van der Waals surface area (Å²) in [6, 6.07) is 6.23. The quantitative estimate of drug-likeness (QED) is 0.393. The first-order valence-electron chi connectivity index (χ1n) is 13.9. The van der Waals surface area contributed by atoms with Crippen LogP contribution in [0.4, 0.5) is 10.7 Å². The maximum atomic E-state index is 12.4.